The zero-order valence-corrected chi connectivity index (χ0v) is 7.18. The molecule has 0 aromatic heterocycles. The molecule has 1 atom stereocenters. The zero-order chi connectivity index (χ0) is 8.48. The Hall–Kier alpha value is -0.570. The molecule has 0 aromatic rings. The van der Waals surface area contributed by atoms with Gasteiger partial charge in [0, 0.05) is 13.1 Å². The highest BCUT2D eigenvalue weighted by Crippen LogP contribution is 2.33. The summed E-state index contributed by atoms with van der Waals surface area (Å²) >= 11 is 0. The van der Waals surface area contributed by atoms with Crippen molar-refractivity contribution in [1.82, 2.24) is 5.32 Å². The normalized spacial score (nSPS) is 31.1. The Morgan fingerprint density at radius 2 is 2.36 bits per heavy atom. The van der Waals surface area contributed by atoms with Crippen LogP contribution in [0.3, 0.4) is 0 Å². The van der Waals surface area contributed by atoms with Crippen LogP contribution in [-0.4, -0.2) is 19.0 Å². The molecule has 0 aliphatic carbocycles. The maximum atomic E-state index is 11.4. The summed E-state index contributed by atoms with van der Waals surface area (Å²) in [4.78, 5) is 11.4. The van der Waals surface area contributed by atoms with Crippen molar-refractivity contribution >= 4 is 5.91 Å². The van der Waals surface area contributed by atoms with Crippen molar-refractivity contribution in [3.05, 3.63) is 0 Å². The van der Waals surface area contributed by atoms with Crippen LogP contribution in [0.2, 0.25) is 0 Å². The second-order valence-corrected chi connectivity index (χ2v) is 3.52. The van der Waals surface area contributed by atoms with Crippen LogP contribution in [0.5, 0.6) is 0 Å². The topological polar surface area (TPSA) is 55.1 Å². The molecule has 3 heteroatoms. The van der Waals surface area contributed by atoms with E-state index >= 15 is 0 Å². The Bertz CT molecular complexity index is 167. The molecule has 1 amide bonds. The maximum Gasteiger partial charge on any atom is 0.227 e. The molecule has 1 aliphatic rings. The molecular weight excluding hydrogens is 140 g/mol. The zero-order valence-electron chi connectivity index (χ0n) is 7.18. The minimum atomic E-state index is -0.278. The van der Waals surface area contributed by atoms with Crippen LogP contribution < -0.4 is 11.1 Å². The Kier molecular flexibility index (Phi) is 2.18. The Morgan fingerprint density at radius 1 is 1.73 bits per heavy atom. The van der Waals surface area contributed by atoms with Crippen LogP contribution >= 0.6 is 0 Å². The summed E-state index contributed by atoms with van der Waals surface area (Å²) in [5, 5.41) is 2.82. The van der Waals surface area contributed by atoms with Crippen LogP contribution in [-0.2, 0) is 4.79 Å². The molecule has 3 N–H and O–H groups in total. The number of rotatable bonds is 2. The first-order chi connectivity index (χ1) is 5.13. The van der Waals surface area contributed by atoms with E-state index in [0.717, 1.165) is 13.0 Å². The molecule has 1 aliphatic heterocycles. The SMILES string of the molecule is CC(C)[C@]1(CN)CCNC1=O. The van der Waals surface area contributed by atoms with Crippen LogP contribution in [0.25, 0.3) is 0 Å². The lowest BCUT2D eigenvalue weighted by atomic mass is 9.76. The molecule has 0 saturated carbocycles. The smallest absolute Gasteiger partial charge is 0.227 e. The molecular formula is C8H16N2O. The minimum Gasteiger partial charge on any atom is -0.356 e. The molecule has 0 unspecified atom stereocenters. The predicted octanol–water partition coefficient (Wildman–Crippen LogP) is 0.107. The van der Waals surface area contributed by atoms with Gasteiger partial charge in [0.15, 0.2) is 0 Å². The summed E-state index contributed by atoms with van der Waals surface area (Å²) in [5.41, 5.74) is 5.32. The number of nitrogens with two attached hydrogens (primary N) is 1. The van der Waals surface area contributed by atoms with Crippen molar-refractivity contribution < 1.29 is 4.79 Å². The summed E-state index contributed by atoms with van der Waals surface area (Å²) in [7, 11) is 0. The number of carbonyl (C=O) groups is 1. The molecule has 0 spiro atoms. The van der Waals surface area contributed by atoms with Crippen molar-refractivity contribution in [2.45, 2.75) is 20.3 Å². The van der Waals surface area contributed by atoms with Crippen molar-refractivity contribution in [2.75, 3.05) is 13.1 Å². The Morgan fingerprint density at radius 3 is 2.55 bits per heavy atom. The number of carbonyl (C=O) groups excluding carboxylic acids is 1. The second kappa shape index (κ2) is 2.81. The first-order valence-electron chi connectivity index (χ1n) is 4.12. The molecule has 64 valence electrons. The highest BCUT2D eigenvalue weighted by molar-refractivity contribution is 5.85. The number of hydrogen-bond donors (Lipinski definition) is 2. The molecule has 1 fully saturated rings. The van der Waals surface area contributed by atoms with Crippen LogP contribution in [0.1, 0.15) is 20.3 Å². The summed E-state index contributed by atoms with van der Waals surface area (Å²) in [6.07, 6.45) is 0.889. The lowest BCUT2D eigenvalue weighted by molar-refractivity contribution is -0.129. The van der Waals surface area contributed by atoms with E-state index in [9.17, 15) is 4.79 Å². The quantitative estimate of drug-likeness (QED) is 0.596. The van der Waals surface area contributed by atoms with Crippen LogP contribution in [0.4, 0.5) is 0 Å². The number of amides is 1. The van der Waals surface area contributed by atoms with Gasteiger partial charge in [-0.1, -0.05) is 13.8 Å². The lowest BCUT2D eigenvalue weighted by Gasteiger charge is -2.28. The van der Waals surface area contributed by atoms with E-state index in [-0.39, 0.29) is 11.3 Å². The third kappa shape index (κ3) is 1.13. The summed E-state index contributed by atoms with van der Waals surface area (Å²) in [6.45, 7) is 5.36. The van der Waals surface area contributed by atoms with Gasteiger partial charge in [-0.25, -0.2) is 0 Å². The standard InChI is InChI=1S/C8H16N2O/c1-6(2)8(5-9)3-4-10-7(8)11/h6H,3-5,9H2,1-2H3,(H,10,11)/t8-/m1/s1. The molecule has 0 aromatic carbocycles. The first-order valence-corrected chi connectivity index (χ1v) is 4.12. The highest BCUT2D eigenvalue weighted by Gasteiger charge is 2.43. The van der Waals surface area contributed by atoms with Gasteiger partial charge in [0.2, 0.25) is 5.91 Å². The maximum absolute atomic E-state index is 11.4. The molecule has 1 rings (SSSR count). The van der Waals surface area contributed by atoms with Crippen molar-refractivity contribution in [1.29, 1.82) is 0 Å². The largest absolute Gasteiger partial charge is 0.356 e. The molecule has 1 heterocycles. The lowest BCUT2D eigenvalue weighted by Crippen LogP contribution is -2.42. The fourth-order valence-corrected chi connectivity index (χ4v) is 1.67. The minimum absolute atomic E-state index is 0.134. The number of hydrogen-bond acceptors (Lipinski definition) is 2. The molecule has 3 nitrogen and oxygen atoms in total. The average molecular weight is 156 g/mol. The van der Waals surface area contributed by atoms with E-state index in [1.165, 1.54) is 0 Å². The average Bonchev–Trinajstić information content (AvgIpc) is 2.32. The highest BCUT2D eigenvalue weighted by atomic mass is 16.2. The Balaban J connectivity index is 2.82. The number of nitrogens with one attached hydrogen (secondary N) is 1. The van der Waals surface area contributed by atoms with Crippen molar-refractivity contribution in [2.24, 2.45) is 17.1 Å². The monoisotopic (exact) mass is 156 g/mol. The van der Waals surface area contributed by atoms with Gasteiger partial charge < -0.3 is 11.1 Å². The van der Waals surface area contributed by atoms with E-state index in [1.807, 2.05) is 0 Å². The van der Waals surface area contributed by atoms with Crippen LogP contribution in [0, 0.1) is 11.3 Å². The van der Waals surface area contributed by atoms with E-state index in [1.54, 1.807) is 0 Å². The fraction of sp³-hybridized carbons (Fsp3) is 0.875. The van der Waals surface area contributed by atoms with E-state index in [4.69, 9.17) is 5.73 Å². The van der Waals surface area contributed by atoms with Crippen molar-refractivity contribution in [3.8, 4) is 0 Å². The third-order valence-electron chi connectivity index (χ3n) is 2.78. The molecule has 1 saturated heterocycles. The van der Waals surface area contributed by atoms with Gasteiger partial charge in [-0.15, -0.1) is 0 Å². The van der Waals surface area contributed by atoms with Gasteiger partial charge in [-0.3, -0.25) is 4.79 Å². The predicted molar refractivity (Wildman–Crippen MR) is 44.0 cm³/mol. The third-order valence-corrected chi connectivity index (χ3v) is 2.78. The van der Waals surface area contributed by atoms with Gasteiger partial charge in [0.05, 0.1) is 5.41 Å². The van der Waals surface area contributed by atoms with E-state index in [0.29, 0.717) is 12.5 Å². The molecule has 0 radical (unpaired) electrons. The molecule has 11 heavy (non-hydrogen) atoms. The van der Waals surface area contributed by atoms with Gasteiger partial charge in [-0.2, -0.15) is 0 Å². The van der Waals surface area contributed by atoms with Crippen LogP contribution in [0.15, 0.2) is 0 Å². The van der Waals surface area contributed by atoms with Crippen molar-refractivity contribution in [3.63, 3.8) is 0 Å². The molecule has 0 bridgehead atoms. The van der Waals surface area contributed by atoms with Gasteiger partial charge in [-0.05, 0) is 12.3 Å². The summed E-state index contributed by atoms with van der Waals surface area (Å²) in [5.74, 6) is 0.477. The van der Waals surface area contributed by atoms with E-state index < -0.39 is 0 Å². The van der Waals surface area contributed by atoms with Gasteiger partial charge in [0.1, 0.15) is 0 Å². The Labute approximate surface area is 67.3 Å². The first kappa shape index (κ1) is 8.53. The van der Waals surface area contributed by atoms with E-state index in [2.05, 4.69) is 19.2 Å². The second-order valence-electron chi connectivity index (χ2n) is 3.52. The van der Waals surface area contributed by atoms with Gasteiger partial charge >= 0.3 is 0 Å². The summed E-state index contributed by atoms with van der Waals surface area (Å²) in [6, 6.07) is 0. The van der Waals surface area contributed by atoms with Gasteiger partial charge in [0.25, 0.3) is 0 Å². The summed E-state index contributed by atoms with van der Waals surface area (Å²) < 4.78 is 0. The fourth-order valence-electron chi connectivity index (χ4n) is 1.67.